The van der Waals surface area contributed by atoms with E-state index >= 15 is 0 Å². The molecule has 2 aliphatic heterocycles. The molecule has 0 saturated carbocycles. The lowest BCUT2D eigenvalue weighted by Gasteiger charge is -2.28. The quantitative estimate of drug-likeness (QED) is 0.826. The predicted molar refractivity (Wildman–Crippen MR) is 94.8 cm³/mol. The Hall–Kier alpha value is -1.79. The summed E-state index contributed by atoms with van der Waals surface area (Å²) in [5, 5.41) is 8.39. The molecule has 6 heteroatoms. The van der Waals surface area contributed by atoms with Crippen molar-refractivity contribution in [3.05, 3.63) is 41.3 Å². The van der Waals surface area contributed by atoms with Crippen LogP contribution >= 0.6 is 23.1 Å². The van der Waals surface area contributed by atoms with Crippen molar-refractivity contribution >= 4 is 40.4 Å². The van der Waals surface area contributed by atoms with Crippen molar-refractivity contribution in [3.8, 4) is 5.75 Å². The summed E-state index contributed by atoms with van der Waals surface area (Å²) in [7, 11) is 1.63. The highest BCUT2D eigenvalue weighted by Gasteiger charge is 2.33. The van der Waals surface area contributed by atoms with Crippen LogP contribution in [-0.2, 0) is 4.79 Å². The summed E-state index contributed by atoms with van der Waals surface area (Å²) in [6, 6.07) is 9.59. The fourth-order valence-corrected chi connectivity index (χ4v) is 5.20. The van der Waals surface area contributed by atoms with Crippen LogP contribution in [0.25, 0.3) is 0 Å². The van der Waals surface area contributed by atoms with E-state index in [4.69, 9.17) is 9.84 Å². The number of carbonyl (C=O) groups is 1. The maximum absolute atomic E-state index is 12.5. The molecule has 1 atom stereocenters. The Morgan fingerprint density at radius 1 is 1.26 bits per heavy atom. The predicted octanol–water partition coefficient (Wildman–Crippen LogP) is 4.01. The monoisotopic (exact) mass is 344 g/mol. The number of fused-ring (bicyclic) bond motifs is 3. The third-order valence-corrected chi connectivity index (χ3v) is 6.44. The zero-order valence-electron chi connectivity index (χ0n) is 12.7. The molecule has 2 aromatic rings. The van der Waals surface area contributed by atoms with E-state index in [9.17, 15) is 4.79 Å². The molecular weight excluding hydrogens is 328 g/mol. The number of amides is 1. The number of thiophene rings is 1. The first-order valence-electron chi connectivity index (χ1n) is 7.52. The Balaban J connectivity index is 1.75. The van der Waals surface area contributed by atoms with E-state index in [2.05, 4.69) is 11.4 Å². The number of hydrogen-bond donors (Lipinski definition) is 0. The van der Waals surface area contributed by atoms with Gasteiger partial charge in [0.1, 0.15) is 5.75 Å². The number of nitrogens with zero attached hydrogens (tertiary/aromatic N) is 2. The highest BCUT2D eigenvalue weighted by atomic mass is 32.2. The minimum atomic E-state index is 0.0626. The lowest BCUT2D eigenvalue weighted by atomic mass is 9.91. The van der Waals surface area contributed by atoms with E-state index in [1.54, 1.807) is 23.5 Å². The first-order chi connectivity index (χ1) is 11.3. The van der Waals surface area contributed by atoms with Gasteiger partial charge in [0.15, 0.2) is 0 Å². The van der Waals surface area contributed by atoms with Crippen molar-refractivity contribution in [2.75, 3.05) is 17.9 Å². The van der Waals surface area contributed by atoms with Crippen LogP contribution in [0.2, 0.25) is 0 Å². The third-order valence-electron chi connectivity index (χ3n) is 4.17. The molecule has 1 aromatic heterocycles. The molecule has 0 fully saturated rings. The van der Waals surface area contributed by atoms with E-state index < -0.39 is 0 Å². The number of anilines is 1. The van der Waals surface area contributed by atoms with Crippen LogP contribution in [0.1, 0.15) is 18.4 Å². The van der Waals surface area contributed by atoms with Crippen LogP contribution in [-0.4, -0.2) is 24.5 Å². The minimum absolute atomic E-state index is 0.0626. The number of hydrogen-bond acceptors (Lipinski definition) is 5. The van der Waals surface area contributed by atoms with Gasteiger partial charge in [-0.15, -0.1) is 23.1 Å². The number of benzene rings is 1. The summed E-state index contributed by atoms with van der Waals surface area (Å²) in [5.41, 5.74) is 3.05. The second kappa shape index (κ2) is 6.02. The van der Waals surface area contributed by atoms with Gasteiger partial charge in [0.05, 0.1) is 22.7 Å². The smallest absolute Gasteiger partial charge is 0.248 e. The molecule has 1 amide bonds. The molecule has 4 rings (SSSR count). The molecule has 1 unspecified atom stereocenters. The molecule has 1 aromatic carbocycles. The normalized spacial score (nSPS) is 20.4. The van der Waals surface area contributed by atoms with Gasteiger partial charge >= 0.3 is 0 Å². The standard InChI is InChI=1S/C17H16N2O2S2/c1-21-13-4-2-12(3-5-13)19-15(20)10-11-6-8-22-17-14(7-9-23-17)16(11)18-19/h2-5,7,9,11H,6,8,10H2,1H3. The van der Waals surface area contributed by atoms with E-state index in [1.165, 1.54) is 9.77 Å². The molecule has 0 spiro atoms. The van der Waals surface area contributed by atoms with Crippen molar-refractivity contribution in [1.82, 2.24) is 0 Å². The molecule has 23 heavy (non-hydrogen) atoms. The summed E-state index contributed by atoms with van der Waals surface area (Å²) < 4.78 is 6.50. The van der Waals surface area contributed by atoms with Crippen LogP contribution in [0.5, 0.6) is 5.75 Å². The first kappa shape index (κ1) is 14.8. The fraction of sp³-hybridized carbons (Fsp3) is 0.294. The Labute approximate surface area is 143 Å². The summed E-state index contributed by atoms with van der Waals surface area (Å²) in [5.74, 6) is 2.12. The zero-order chi connectivity index (χ0) is 15.8. The lowest BCUT2D eigenvalue weighted by Crippen LogP contribution is -2.37. The minimum Gasteiger partial charge on any atom is -0.497 e. The first-order valence-corrected chi connectivity index (χ1v) is 9.39. The molecule has 0 bridgehead atoms. The Morgan fingerprint density at radius 3 is 2.87 bits per heavy atom. The topological polar surface area (TPSA) is 41.9 Å². The second-order valence-corrected chi connectivity index (χ2v) is 7.83. The van der Waals surface area contributed by atoms with Crippen LogP contribution in [0.15, 0.2) is 45.0 Å². The Kier molecular flexibility index (Phi) is 3.87. The number of ether oxygens (including phenoxy) is 1. The van der Waals surface area contributed by atoms with Crippen molar-refractivity contribution in [1.29, 1.82) is 0 Å². The van der Waals surface area contributed by atoms with Gasteiger partial charge in [-0.25, -0.2) is 5.01 Å². The highest BCUT2D eigenvalue weighted by Crippen LogP contribution is 2.39. The molecule has 0 N–H and O–H groups in total. The van der Waals surface area contributed by atoms with Gasteiger partial charge in [0.2, 0.25) is 5.91 Å². The summed E-state index contributed by atoms with van der Waals surface area (Å²) in [4.78, 5) is 12.5. The van der Waals surface area contributed by atoms with Crippen molar-refractivity contribution < 1.29 is 9.53 Å². The molecule has 0 saturated heterocycles. The van der Waals surface area contributed by atoms with Gasteiger partial charge in [-0.2, -0.15) is 5.10 Å². The zero-order valence-corrected chi connectivity index (χ0v) is 14.3. The molecular formula is C17H16N2O2S2. The van der Waals surface area contributed by atoms with E-state index in [0.29, 0.717) is 6.42 Å². The van der Waals surface area contributed by atoms with Crippen LogP contribution in [0.4, 0.5) is 5.69 Å². The maximum atomic E-state index is 12.5. The number of hydrazone groups is 1. The van der Waals surface area contributed by atoms with Crippen LogP contribution in [0, 0.1) is 5.92 Å². The molecule has 0 radical (unpaired) electrons. The average molecular weight is 344 g/mol. The number of methoxy groups -OCH3 is 1. The Bertz CT molecular complexity index is 767. The van der Waals surface area contributed by atoms with Gasteiger partial charge in [-0.05, 0) is 47.9 Å². The fourth-order valence-electron chi connectivity index (χ4n) is 2.97. The van der Waals surface area contributed by atoms with Crippen molar-refractivity contribution in [2.24, 2.45) is 11.0 Å². The molecule has 4 nitrogen and oxygen atoms in total. The second-order valence-electron chi connectivity index (χ2n) is 5.55. The largest absolute Gasteiger partial charge is 0.497 e. The molecule has 118 valence electrons. The maximum Gasteiger partial charge on any atom is 0.248 e. The number of carbonyl (C=O) groups excluding carboxylic acids is 1. The van der Waals surface area contributed by atoms with E-state index in [0.717, 1.165) is 29.3 Å². The van der Waals surface area contributed by atoms with Crippen LogP contribution < -0.4 is 9.75 Å². The lowest BCUT2D eigenvalue weighted by molar-refractivity contribution is -0.119. The third kappa shape index (κ3) is 2.66. The van der Waals surface area contributed by atoms with Gasteiger partial charge in [-0.1, -0.05) is 0 Å². The van der Waals surface area contributed by atoms with Gasteiger partial charge in [-0.3, -0.25) is 4.79 Å². The molecule has 3 heterocycles. The van der Waals surface area contributed by atoms with Gasteiger partial charge in [0, 0.05) is 17.9 Å². The van der Waals surface area contributed by atoms with Crippen LogP contribution in [0.3, 0.4) is 0 Å². The number of thioether (sulfide) groups is 1. The molecule has 0 aliphatic carbocycles. The number of rotatable bonds is 2. The van der Waals surface area contributed by atoms with Crippen molar-refractivity contribution in [3.63, 3.8) is 0 Å². The van der Waals surface area contributed by atoms with E-state index in [1.807, 2.05) is 36.0 Å². The SMILES string of the molecule is COc1ccc(N2N=C3c4ccsc4SCCC3CC2=O)cc1. The average Bonchev–Trinajstić information content (AvgIpc) is 2.97. The summed E-state index contributed by atoms with van der Waals surface area (Å²) in [6.07, 6.45) is 1.54. The Morgan fingerprint density at radius 2 is 2.09 bits per heavy atom. The molecule has 2 aliphatic rings. The highest BCUT2D eigenvalue weighted by molar-refractivity contribution is 8.01. The summed E-state index contributed by atoms with van der Waals surface area (Å²) >= 11 is 3.64. The van der Waals surface area contributed by atoms with E-state index in [-0.39, 0.29) is 11.8 Å². The van der Waals surface area contributed by atoms with Gasteiger partial charge in [0.25, 0.3) is 0 Å². The van der Waals surface area contributed by atoms with Crippen molar-refractivity contribution in [2.45, 2.75) is 17.1 Å². The van der Waals surface area contributed by atoms with Gasteiger partial charge < -0.3 is 4.74 Å². The summed E-state index contributed by atoms with van der Waals surface area (Å²) in [6.45, 7) is 0.